The summed E-state index contributed by atoms with van der Waals surface area (Å²) in [5.74, 6) is -1.00. The molecule has 1 aromatic carbocycles. The molecule has 0 aliphatic rings. The first-order chi connectivity index (χ1) is 19.9. The fourth-order valence-corrected chi connectivity index (χ4v) is 4.15. The smallest absolute Gasteiger partial charge is 0.423 e. The summed E-state index contributed by atoms with van der Waals surface area (Å²) in [4.78, 5) is 37.0. The summed E-state index contributed by atoms with van der Waals surface area (Å²) in [6.45, 7) is 1.01. The highest BCUT2D eigenvalue weighted by Crippen LogP contribution is 2.32. The Balaban J connectivity index is 1.50. The summed E-state index contributed by atoms with van der Waals surface area (Å²) < 4.78 is 86.5. The van der Waals surface area contributed by atoms with Crippen LogP contribution in [0, 0.1) is 5.82 Å². The van der Waals surface area contributed by atoms with Crippen molar-refractivity contribution < 1.29 is 31.1 Å². The molecule has 17 heteroatoms. The molecule has 224 valence electrons. The molecule has 4 rings (SSSR count). The Bertz CT molecular complexity index is 1690. The van der Waals surface area contributed by atoms with E-state index >= 15 is 4.39 Å². The van der Waals surface area contributed by atoms with Crippen molar-refractivity contribution >= 4 is 22.4 Å². The topological polar surface area (TPSA) is 140 Å². The molecule has 3 aromatic heterocycles. The molecule has 0 aliphatic carbocycles. The van der Waals surface area contributed by atoms with Crippen LogP contribution >= 0.6 is 0 Å². The summed E-state index contributed by atoms with van der Waals surface area (Å²) >= 11 is 0. The number of H-pyrrole nitrogens is 1. The second-order valence-corrected chi connectivity index (χ2v) is 9.15. The van der Waals surface area contributed by atoms with E-state index in [9.17, 15) is 31.5 Å². The van der Waals surface area contributed by atoms with Crippen LogP contribution in [0.25, 0.3) is 22.3 Å². The maximum Gasteiger partial charge on any atom is 0.423 e. The summed E-state index contributed by atoms with van der Waals surface area (Å²) in [5, 5.41) is 10.2. The van der Waals surface area contributed by atoms with Gasteiger partial charge in [-0.1, -0.05) is 0 Å². The molecule has 3 N–H and O–H groups in total. The first-order valence-corrected chi connectivity index (χ1v) is 12.4. The molecule has 0 spiro atoms. The zero-order valence-corrected chi connectivity index (χ0v) is 22.1. The lowest BCUT2D eigenvalue weighted by Crippen LogP contribution is -2.27. The van der Waals surface area contributed by atoms with E-state index in [0.717, 1.165) is 12.3 Å². The number of rotatable bonds is 11. The highest BCUT2D eigenvalue weighted by atomic mass is 19.4. The largest absolute Gasteiger partial charge is 0.491 e. The SMILES string of the molecule is COc1cnc(-c2cc3ncn(CCCC(C)Nc4cn[nH]c(=O)c4C(F)(F)F)c(=O)c3cc2F)nc1NCC(F)F. The van der Waals surface area contributed by atoms with Gasteiger partial charge < -0.3 is 15.4 Å². The number of hydrogen-bond donors (Lipinski definition) is 3. The lowest BCUT2D eigenvalue weighted by Gasteiger charge is -2.18. The van der Waals surface area contributed by atoms with Gasteiger partial charge in [0.1, 0.15) is 11.4 Å². The number of nitrogens with one attached hydrogen (secondary N) is 3. The predicted octanol–water partition coefficient (Wildman–Crippen LogP) is 4.06. The van der Waals surface area contributed by atoms with Crippen LogP contribution in [0.4, 0.5) is 37.8 Å². The third-order valence-corrected chi connectivity index (χ3v) is 6.13. The first kappa shape index (κ1) is 30.3. The zero-order valence-electron chi connectivity index (χ0n) is 22.1. The van der Waals surface area contributed by atoms with Gasteiger partial charge in [0, 0.05) is 12.6 Å². The second-order valence-electron chi connectivity index (χ2n) is 9.15. The van der Waals surface area contributed by atoms with Crippen molar-refractivity contribution in [2.24, 2.45) is 0 Å². The number of hydrogen-bond acceptors (Lipinski definition) is 9. The van der Waals surface area contributed by atoms with Crippen LogP contribution in [0.5, 0.6) is 5.75 Å². The number of benzene rings is 1. The van der Waals surface area contributed by atoms with Gasteiger partial charge in [-0.25, -0.2) is 33.2 Å². The van der Waals surface area contributed by atoms with E-state index in [0.29, 0.717) is 12.8 Å². The van der Waals surface area contributed by atoms with Crippen molar-refractivity contribution in [1.82, 2.24) is 29.7 Å². The van der Waals surface area contributed by atoms with Crippen LogP contribution in [0.1, 0.15) is 25.3 Å². The van der Waals surface area contributed by atoms with Gasteiger partial charge in [-0.2, -0.15) is 18.3 Å². The van der Waals surface area contributed by atoms with Gasteiger partial charge in [0.25, 0.3) is 17.5 Å². The molecule has 3 heterocycles. The van der Waals surface area contributed by atoms with Gasteiger partial charge in [0.2, 0.25) is 0 Å². The number of aromatic amines is 1. The molecule has 1 atom stereocenters. The first-order valence-electron chi connectivity index (χ1n) is 12.4. The van der Waals surface area contributed by atoms with Crippen LogP contribution < -0.4 is 26.5 Å². The molecule has 0 saturated carbocycles. The molecule has 0 bridgehead atoms. The van der Waals surface area contributed by atoms with Crippen molar-refractivity contribution in [1.29, 1.82) is 0 Å². The number of anilines is 2. The monoisotopic (exact) mass is 598 g/mol. The molecular formula is C25H24F6N8O3. The minimum Gasteiger partial charge on any atom is -0.491 e. The number of methoxy groups -OCH3 is 1. The van der Waals surface area contributed by atoms with E-state index in [1.54, 1.807) is 12.0 Å². The van der Waals surface area contributed by atoms with Crippen LogP contribution in [-0.2, 0) is 12.7 Å². The molecule has 0 radical (unpaired) electrons. The number of nitrogens with zero attached hydrogens (tertiary/aromatic N) is 5. The predicted molar refractivity (Wildman–Crippen MR) is 140 cm³/mol. The standard InChI is InChI=1S/C25H24F6N8O3/c1-12(36-17-8-35-38-23(40)20(17)25(29,30)31)4-3-5-39-11-34-16-7-13(15(26)6-14(16)24(39)41)21-32-9-18(42-2)22(37-21)33-10-19(27)28/h6-9,11-12,19H,3-5,10H2,1-2H3,(H,32,33,37)(H2,36,38,40). The average Bonchev–Trinajstić information content (AvgIpc) is 2.92. The number of halogens is 6. The highest BCUT2D eigenvalue weighted by Gasteiger charge is 2.37. The van der Waals surface area contributed by atoms with Crippen LogP contribution in [0.3, 0.4) is 0 Å². The molecule has 0 amide bonds. The Morgan fingerprint density at radius 1 is 1.14 bits per heavy atom. The molecule has 0 saturated heterocycles. The van der Waals surface area contributed by atoms with E-state index in [1.165, 1.54) is 30.3 Å². The van der Waals surface area contributed by atoms with Gasteiger partial charge in [-0.15, -0.1) is 0 Å². The molecule has 1 unspecified atom stereocenters. The van der Waals surface area contributed by atoms with E-state index in [-0.39, 0.29) is 40.4 Å². The number of ether oxygens (including phenoxy) is 1. The molecule has 4 aromatic rings. The summed E-state index contributed by atoms with van der Waals surface area (Å²) in [5.41, 5.74) is -3.77. The minimum atomic E-state index is -4.88. The molecule has 42 heavy (non-hydrogen) atoms. The van der Waals surface area contributed by atoms with E-state index in [4.69, 9.17) is 4.74 Å². The van der Waals surface area contributed by atoms with Crippen molar-refractivity contribution in [3.8, 4) is 17.1 Å². The fraction of sp³-hybridized carbons (Fsp3) is 0.360. The Morgan fingerprint density at radius 3 is 2.60 bits per heavy atom. The quantitative estimate of drug-likeness (QED) is 0.218. The van der Waals surface area contributed by atoms with Gasteiger partial charge in [0.15, 0.2) is 17.4 Å². The third kappa shape index (κ3) is 6.77. The Morgan fingerprint density at radius 2 is 1.90 bits per heavy atom. The summed E-state index contributed by atoms with van der Waals surface area (Å²) in [6.07, 6.45) is -3.61. The summed E-state index contributed by atoms with van der Waals surface area (Å²) in [6, 6.07) is 1.71. The Labute approximate surface area is 233 Å². The highest BCUT2D eigenvalue weighted by molar-refractivity contribution is 5.82. The van der Waals surface area contributed by atoms with E-state index in [1.807, 2.05) is 0 Å². The van der Waals surface area contributed by atoms with Crippen LogP contribution in [0.15, 0.2) is 40.4 Å². The van der Waals surface area contributed by atoms with Crippen LogP contribution in [-0.4, -0.2) is 55.8 Å². The summed E-state index contributed by atoms with van der Waals surface area (Å²) in [7, 11) is 1.29. The van der Waals surface area contributed by atoms with Gasteiger partial charge in [-0.05, 0) is 31.9 Å². The van der Waals surface area contributed by atoms with Gasteiger partial charge >= 0.3 is 6.18 Å². The lowest BCUT2D eigenvalue weighted by molar-refractivity contribution is -0.138. The Hall–Kier alpha value is -4.70. The molecule has 0 aliphatic heterocycles. The van der Waals surface area contributed by atoms with Gasteiger partial charge in [-0.3, -0.25) is 14.2 Å². The normalized spacial score (nSPS) is 12.5. The molecule has 0 fully saturated rings. The number of aromatic nitrogens is 6. The molecular weight excluding hydrogens is 574 g/mol. The van der Waals surface area contributed by atoms with Crippen molar-refractivity contribution in [2.75, 3.05) is 24.3 Å². The molecule has 11 nitrogen and oxygen atoms in total. The van der Waals surface area contributed by atoms with E-state index in [2.05, 4.69) is 30.7 Å². The minimum absolute atomic E-state index is 0.0427. The van der Waals surface area contributed by atoms with Crippen molar-refractivity contribution in [3.05, 3.63) is 62.9 Å². The number of fused-ring (bicyclic) bond motifs is 1. The fourth-order valence-electron chi connectivity index (χ4n) is 4.15. The maximum atomic E-state index is 15.1. The van der Waals surface area contributed by atoms with Crippen molar-refractivity contribution in [3.63, 3.8) is 0 Å². The second kappa shape index (κ2) is 12.4. The van der Waals surface area contributed by atoms with Crippen molar-refractivity contribution in [2.45, 2.75) is 45.0 Å². The Kier molecular flexibility index (Phi) is 8.96. The third-order valence-electron chi connectivity index (χ3n) is 6.13. The number of aryl methyl sites for hydroxylation is 1. The van der Waals surface area contributed by atoms with Crippen LogP contribution in [0.2, 0.25) is 0 Å². The van der Waals surface area contributed by atoms with E-state index < -0.39 is 53.4 Å². The van der Waals surface area contributed by atoms with Gasteiger partial charge in [0.05, 0.1) is 54.5 Å². The zero-order chi connectivity index (χ0) is 30.6. The lowest BCUT2D eigenvalue weighted by atomic mass is 10.1. The maximum absolute atomic E-state index is 15.1. The number of alkyl halides is 5. The average molecular weight is 599 g/mol.